The van der Waals surface area contributed by atoms with Crippen LogP contribution in [0, 0.1) is 6.92 Å². The molecular weight excluding hydrogens is 388 g/mol. The van der Waals surface area contributed by atoms with Crippen LogP contribution in [0.3, 0.4) is 0 Å². The van der Waals surface area contributed by atoms with Crippen molar-refractivity contribution in [1.82, 2.24) is 25.1 Å². The monoisotopic (exact) mass is 422 g/mol. The summed E-state index contributed by atoms with van der Waals surface area (Å²) in [6.45, 7) is 6.08. The maximum absolute atomic E-state index is 5.82. The zero-order chi connectivity index (χ0) is 22.1. The predicted molar refractivity (Wildman–Crippen MR) is 128 cm³/mol. The molecule has 3 rings (SSSR count). The van der Waals surface area contributed by atoms with Crippen molar-refractivity contribution in [2.24, 2.45) is 4.99 Å². The molecule has 0 radical (unpaired) electrons. The van der Waals surface area contributed by atoms with E-state index in [4.69, 9.17) is 4.74 Å². The number of ether oxygens (including phenoxy) is 1. The number of nitrogens with one attached hydrogen (secondary N) is 2. The molecule has 7 nitrogen and oxygen atoms in total. The van der Waals surface area contributed by atoms with E-state index >= 15 is 0 Å². The molecule has 0 aliphatic rings. The highest BCUT2D eigenvalue weighted by atomic mass is 16.5. The van der Waals surface area contributed by atoms with E-state index in [-0.39, 0.29) is 0 Å². The first-order valence-corrected chi connectivity index (χ1v) is 10.8. The van der Waals surface area contributed by atoms with Gasteiger partial charge in [-0.25, -0.2) is 4.98 Å². The highest BCUT2D eigenvalue weighted by molar-refractivity contribution is 5.79. The van der Waals surface area contributed by atoms with Crippen molar-refractivity contribution in [1.29, 1.82) is 0 Å². The summed E-state index contributed by atoms with van der Waals surface area (Å²) in [4.78, 5) is 11.1. The summed E-state index contributed by atoms with van der Waals surface area (Å²) >= 11 is 0. The van der Waals surface area contributed by atoms with Crippen molar-refractivity contribution < 1.29 is 4.74 Å². The highest BCUT2D eigenvalue weighted by Crippen LogP contribution is 2.16. The lowest BCUT2D eigenvalue weighted by Gasteiger charge is -2.14. The molecule has 0 saturated carbocycles. The summed E-state index contributed by atoms with van der Waals surface area (Å²) in [6.07, 6.45) is 0.983. The zero-order valence-corrected chi connectivity index (χ0v) is 19.1. The lowest BCUT2D eigenvalue weighted by atomic mass is 10.2. The lowest BCUT2D eigenvalue weighted by molar-refractivity contribution is 0.261. The van der Waals surface area contributed by atoms with Crippen molar-refractivity contribution >= 4 is 17.0 Å². The minimum absolute atomic E-state index is 0.679. The third-order valence-electron chi connectivity index (χ3n) is 5.09. The lowest BCUT2D eigenvalue weighted by Crippen LogP contribution is -2.37. The van der Waals surface area contributed by atoms with Crippen LogP contribution in [-0.2, 0) is 13.1 Å². The van der Waals surface area contributed by atoms with Crippen molar-refractivity contribution in [3.05, 3.63) is 59.9 Å². The Morgan fingerprint density at radius 1 is 1.13 bits per heavy atom. The molecule has 0 atom stereocenters. The Morgan fingerprint density at radius 2 is 1.97 bits per heavy atom. The molecule has 0 saturated heterocycles. The summed E-state index contributed by atoms with van der Waals surface area (Å²) in [7, 11) is 5.88. The summed E-state index contributed by atoms with van der Waals surface area (Å²) in [5.41, 5.74) is 3.40. The molecule has 7 heteroatoms. The zero-order valence-electron chi connectivity index (χ0n) is 19.1. The van der Waals surface area contributed by atoms with Crippen molar-refractivity contribution in [3.63, 3.8) is 0 Å². The third kappa shape index (κ3) is 6.72. The second kappa shape index (κ2) is 11.4. The number of imidazole rings is 1. The SMILES string of the molecule is CN=C(NCCCn1c(C)nc2ccccc21)NCc1cccc(OCCN(C)C)c1. The molecule has 166 valence electrons. The van der Waals surface area contributed by atoms with E-state index in [1.54, 1.807) is 7.05 Å². The number of hydrogen-bond donors (Lipinski definition) is 2. The molecule has 3 aromatic rings. The number of hydrogen-bond acceptors (Lipinski definition) is 4. The first kappa shape index (κ1) is 22.6. The van der Waals surface area contributed by atoms with Crippen LogP contribution >= 0.6 is 0 Å². The standard InChI is InChI=1S/C24H34N6O/c1-19-28-22-11-5-6-12-23(22)30(19)14-8-13-26-24(25-2)27-18-20-9-7-10-21(17-20)31-16-15-29(3)4/h5-7,9-12,17H,8,13-16,18H2,1-4H3,(H2,25,26,27). The number of fused-ring (bicyclic) bond motifs is 1. The minimum atomic E-state index is 0.679. The fourth-order valence-electron chi connectivity index (χ4n) is 3.42. The van der Waals surface area contributed by atoms with Gasteiger partial charge in [-0.3, -0.25) is 4.99 Å². The van der Waals surface area contributed by atoms with Gasteiger partial charge in [0.1, 0.15) is 18.2 Å². The average molecular weight is 423 g/mol. The van der Waals surface area contributed by atoms with Crippen LogP contribution in [0.2, 0.25) is 0 Å². The largest absolute Gasteiger partial charge is 0.492 e. The van der Waals surface area contributed by atoms with Crippen LogP contribution in [0.15, 0.2) is 53.5 Å². The van der Waals surface area contributed by atoms with E-state index in [1.807, 2.05) is 32.3 Å². The van der Waals surface area contributed by atoms with Crippen LogP contribution in [0.4, 0.5) is 0 Å². The second-order valence-electron chi connectivity index (χ2n) is 7.80. The van der Waals surface area contributed by atoms with Gasteiger partial charge in [0, 0.05) is 33.2 Å². The van der Waals surface area contributed by atoms with Crippen LogP contribution in [0.25, 0.3) is 11.0 Å². The van der Waals surface area contributed by atoms with E-state index in [2.05, 4.69) is 67.3 Å². The molecule has 1 aromatic heterocycles. The molecule has 0 fully saturated rings. The molecule has 0 aliphatic heterocycles. The van der Waals surface area contributed by atoms with E-state index < -0.39 is 0 Å². The molecule has 0 aliphatic carbocycles. The van der Waals surface area contributed by atoms with Gasteiger partial charge in [0.25, 0.3) is 0 Å². The average Bonchev–Trinajstić information content (AvgIpc) is 3.08. The number of guanidine groups is 1. The number of aliphatic imine (C=N–C) groups is 1. The number of aromatic nitrogens is 2. The molecule has 2 aromatic carbocycles. The Morgan fingerprint density at radius 3 is 2.77 bits per heavy atom. The Hall–Kier alpha value is -3.06. The third-order valence-corrected chi connectivity index (χ3v) is 5.09. The van der Waals surface area contributed by atoms with Gasteiger partial charge in [-0.15, -0.1) is 0 Å². The van der Waals surface area contributed by atoms with Gasteiger partial charge in [-0.05, 0) is 57.3 Å². The van der Waals surface area contributed by atoms with Gasteiger partial charge in [-0.1, -0.05) is 24.3 Å². The number of likely N-dealkylation sites (N-methyl/N-ethyl adjacent to an activating group) is 1. The number of para-hydroxylation sites is 2. The van der Waals surface area contributed by atoms with Crippen molar-refractivity contribution in [2.45, 2.75) is 26.4 Å². The molecule has 0 spiro atoms. The van der Waals surface area contributed by atoms with Gasteiger partial charge < -0.3 is 24.8 Å². The Bertz CT molecular complexity index is 995. The molecule has 2 N–H and O–H groups in total. The maximum Gasteiger partial charge on any atom is 0.191 e. The number of rotatable bonds is 10. The number of nitrogens with zero attached hydrogens (tertiary/aromatic N) is 4. The summed E-state index contributed by atoms with van der Waals surface area (Å²) < 4.78 is 8.10. The second-order valence-corrected chi connectivity index (χ2v) is 7.80. The number of benzene rings is 2. The normalized spacial score (nSPS) is 11.8. The topological polar surface area (TPSA) is 66.7 Å². The quantitative estimate of drug-likeness (QED) is 0.299. The highest BCUT2D eigenvalue weighted by Gasteiger charge is 2.06. The van der Waals surface area contributed by atoms with E-state index in [0.29, 0.717) is 13.2 Å². The van der Waals surface area contributed by atoms with E-state index in [0.717, 1.165) is 54.7 Å². The van der Waals surface area contributed by atoms with Gasteiger partial charge >= 0.3 is 0 Å². The molecule has 1 heterocycles. The minimum Gasteiger partial charge on any atom is -0.492 e. The summed E-state index contributed by atoms with van der Waals surface area (Å²) in [6, 6.07) is 16.5. The summed E-state index contributed by atoms with van der Waals surface area (Å²) in [5.74, 6) is 2.74. The Labute approximate surface area is 185 Å². The van der Waals surface area contributed by atoms with Crippen molar-refractivity contribution in [2.75, 3.05) is 40.8 Å². The molecule has 31 heavy (non-hydrogen) atoms. The number of aryl methyl sites for hydroxylation is 2. The van der Waals surface area contributed by atoms with Crippen LogP contribution in [-0.4, -0.2) is 61.2 Å². The molecule has 0 bridgehead atoms. The Kier molecular flexibility index (Phi) is 8.29. The fourth-order valence-corrected chi connectivity index (χ4v) is 3.42. The first-order valence-electron chi connectivity index (χ1n) is 10.8. The van der Waals surface area contributed by atoms with Gasteiger partial charge in [0.2, 0.25) is 0 Å². The van der Waals surface area contributed by atoms with Crippen LogP contribution in [0.5, 0.6) is 5.75 Å². The van der Waals surface area contributed by atoms with E-state index in [9.17, 15) is 0 Å². The smallest absolute Gasteiger partial charge is 0.191 e. The van der Waals surface area contributed by atoms with Gasteiger partial charge in [0.05, 0.1) is 11.0 Å². The van der Waals surface area contributed by atoms with Crippen LogP contribution < -0.4 is 15.4 Å². The molecule has 0 amide bonds. The molecule has 0 unspecified atom stereocenters. The maximum atomic E-state index is 5.82. The Balaban J connectivity index is 1.43. The summed E-state index contributed by atoms with van der Waals surface area (Å²) in [5, 5.41) is 6.78. The van der Waals surface area contributed by atoms with Gasteiger partial charge in [0.15, 0.2) is 5.96 Å². The van der Waals surface area contributed by atoms with Crippen molar-refractivity contribution in [3.8, 4) is 5.75 Å². The fraction of sp³-hybridized carbons (Fsp3) is 0.417. The van der Waals surface area contributed by atoms with Crippen LogP contribution in [0.1, 0.15) is 17.8 Å². The van der Waals surface area contributed by atoms with Gasteiger partial charge in [-0.2, -0.15) is 0 Å². The van der Waals surface area contributed by atoms with E-state index in [1.165, 1.54) is 5.52 Å². The first-order chi connectivity index (χ1) is 15.1. The molecular formula is C24H34N6O. The predicted octanol–water partition coefficient (Wildman–Crippen LogP) is 3.04.